The summed E-state index contributed by atoms with van der Waals surface area (Å²) >= 11 is 0. The van der Waals surface area contributed by atoms with Crippen molar-refractivity contribution >= 4 is 28.8 Å². The number of fused-ring (bicyclic) bond motifs is 1. The van der Waals surface area contributed by atoms with Crippen molar-refractivity contribution in [3.8, 4) is 0 Å². The molecule has 3 rings (SSSR count). The number of cyclic esters (lactones) is 1. The van der Waals surface area contributed by atoms with Gasteiger partial charge in [0.1, 0.15) is 5.52 Å². The van der Waals surface area contributed by atoms with Crippen LogP contribution in [0, 0.1) is 5.82 Å². The van der Waals surface area contributed by atoms with E-state index in [0.29, 0.717) is 0 Å². The summed E-state index contributed by atoms with van der Waals surface area (Å²) in [5.74, 6) is -0.978. The van der Waals surface area contributed by atoms with Gasteiger partial charge >= 0.3 is 6.09 Å². The number of hydrogen-bond donors (Lipinski definition) is 1. The third-order valence-electron chi connectivity index (χ3n) is 3.69. The molecular weight excluding hydrogens is 307 g/mol. The maximum Gasteiger partial charge on any atom is 0.415 e. The molecule has 1 saturated heterocycles. The number of oxazole rings is 1. The Morgan fingerprint density at radius 2 is 2.22 bits per heavy atom. The first kappa shape index (κ1) is 15.1. The number of halogens is 1. The Hall–Kier alpha value is -2.84. The maximum absolute atomic E-state index is 14.4. The van der Waals surface area contributed by atoms with Crippen molar-refractivity contribution < 1.29 is 23.1 Å². The minimum absolute atomic E-state index is 0.00129. The quantitative estimate of drug-likeness (QED) is 0.872. The molecule has 0 saturated carbocycles. The van der Waals surface area contributed by atoms with E-state index in [9.17, 15) is 14.0 Å². The first-order valence-electron chi connectivity index (χ1n) is 6.88. The number of hydrogen-bond acceptors (Lipinski definition) is 5. The molecule has 1 aliphatic heterocycles. The molecule has 1 atom stereocenters. The zero-order chi connectivity index (χ0) is 16.7. The van der Waals surface area contributed by atoms with Gasteiger partial charge in [-0.3, -0.25) is 14.3 Å². The maximum atomic E-state index is 14.4. The van der Waals surface area contributed by atoms with E-state index in [0.717, 1.165) is 0 Å². The van der Waals surface area contributed by atoms with Gasteiger partial charge in [-0.1, -0.05) is 0 Å². The number of aromatic nitrogens is 1. The first-order chi connectivity index (χ1) is 11.0. The fraction of sp³-hybridized carbons (Fsp3) is 0.357. The van der Waals surface area contributed by atoms with Gasteiger partial charge in [-0.15, -0.1) is 0 Å². The van der Waals surface area contributed by atoms with Crippen LogP contribution in [0.15, 0.2) is 21.5 Å². The van der Waals surface area contributed by atoms with Crippen LogP contribution in [-0.4, -0.2) is 43.3 Å². The van der Waals surface area contributed by atoms with Crippen LogP contribution in [0.2, 0.25) is 0 Å². The van der Waals surface area contributed by atoms with Gasteiger partial charge in [0.2, 0.25) is 0 Å². The third-order valence-corrected chi connectivity index (χ3v) is 3.69. The SMILES string of the molecule is C/N=c1/oc2cc(N3C[C@H](C(=O)NC)OC3=O)cc(F)c2n1C. The highest BCUT2D eigenvalue weighted by molar-refractivity contribution is 5.96. The fourth-order valence-corrected chi connectivity index (χ4v) is 2.55. The van der Waals surface area contributed by atoms with E-state index in [-0.39, 0.29) is 29.0 Å². The zero-order valence-electron chi connectivity index (χ0n) is 12.8. The molecule has 1 aromatic carbocycles. The molecule has 8 nitrogen and oxygen atoms in total. The van der Waals surface area contributed by atoms with Crippen molar-refractivity contribution in [2.75, 3.05) is 25.5 Å². The van der Waals surface area contributed by atoms with Crippen LogP contribution in [0.3, 0.4) is 0 Å². The van der Waals surface area contributed by atoms with Crippen LogP contribution in [-0.2, 0) is 16.6 Å². The topological polar surface area (TPSA) is 89.1 Å². The summed E-state index contributed by atoms with van der Waals surface area (Å²) in [5, 5.41) is 2.41. The molecule has 2 aromatic rings. The summed E-state index contributed by atoms with van der Waals surface area (Å²) in [7, 11) is 4.61. The molecule has 9 heteroatoms. The largest absolute Gasteiger partial charge is 0.434 e. The molecule has 1 aliphatic rings. The lowest BCUT2D eigenvalue weighted by atomic mass is 10.2. The summed E-state index contributed by atoms with van der Waals surface area (Å²) in [4.78, 5) is 28.6. The van der Waals surface area contributed by atoms with Crippen molar-refractivity contribution in [2.24, 2.45) is 12.0 Å². The molecular formula is C14H15FN4O4. The number of nitrogens with one attached hydrogen (secondary N) is 1. The number of likely N-dealkylation sites (N-methyl/N-ethyl adjacent to an activating group) is 1. The van der Waals surface area contributed by atoms with E-state index >= 15 is 0 Å². The number of benzene rings is 1. The van der Waals surface area contributed by atoms with Crippen LogP contribution < -0.4 is 15.9 Å². The Kier molecular flexibility index (Phi) is 3.55. The molecule has 0 bridgehead atoms. The van der Waals surface area contributed by atoms with Gasteiger partial charge in [0.25, 0.3) is 11.6 Å². The lowest BCUT2D eigenvalue weighted by molar-refractivity contribution is -0.127. The Morgan fingerprint density at radius 3 is 2.87 bits per heavy atom. The number of ether oxygens (including phenoxy) is 1. The number of carbonyl (C=O) groups excluding carboxylic acids is 2. The molecule has 2 amide bonds. The van der Waals surface area contributed by atoms with Crippen molar-refractivity contribution in [2.45, 2.75) is 6.10 Å². The second-order valence-electron chi connectivity index (χ2n) is 5.04. The lowest BCUT2D eigenvalue weighted by Crippen LogP contribution is -2.35. The van der Waals surface area contributed by atoms with Crippen molar-refractivity contribution in [3.63, 3.8) is 0 Å². The highest BCUT2D eigenvalue weighted by Gasteiger charge is 2.37. The summed E-state index contributed by atoms with van der Waals surface area (Å²) < 4.78 is 26.3. The average Bonchev–Trinajstić information content (AvgIpc) is 3.07. The van der Waals surface area contributed by atoms with Crippen LogP contribution in [0.1, 0.15) is 0 Å². The summed E-state index contributed by atoms with van der Waals surface area (Å²) in [6.07, 6.45) is -1.64. The monoisotopic (exact) mass is 322 g/mol. The Balaban J connectivity index is 2.04. The van der Waals surface area contributed by atoms with Gasteiger partial charge < -0.3 is 14.5 Å². The van der Waals surface area contributed by atoms with Crippen LogP contribution in [0.4, 0.5) is 14.9 Å². The lowest BCUT2D eigenvalue weighted by Gasteiger charge is -2.12. The molecule has 1 fully saturated rings. The van der Waals surface area contributed by atoms with Crippen molar-refractivity contribution in [3.05, 3.63) is 23.6 Å². The zero-order valence-corrected chi connectivity index (χ0v) is 12.8. The molecule has 122 valence electrons. The van der Waals surface area contributed by atoms with Gasteiger partial charge in [-0.05, 0) is 0 Å². The van der Waals surface area contributed by atoms with E-state index in [1.54, 1.807) is 7.05 Å². The van der Waals surface area contributed by atoms with Crippen molar-refractivity contribution in [1.82, 2.24) is 9.88 Å². The van der Waals surface area contributed by atoms with Gasteiger partial charge in [-0.25, -0.2) is 14.2 Å². The summed E-state index contributed by atoms with van der Waals surface area (Å²) in [6, 6.07) is 2.71. The van der Waals surface area contributed by atoms with Crippen LogP contribution in [0.25, 0.3) is 11.1 Å². The highest BCUT2D eigenvalue weighted by Crippen LogP contribution is 2.27. The molecule has 23 heavy (non-hydrogen) atoms. The molecule has 2 heterocycles. The smallest absolute Gasteiger partial charge is 0.415 e. The molecule has 0 spiro atoms. The number of aryl methyl sites for hydroxylation is 1. The van der Waals surface area contributed by atoms with E-state index in [2.05, 4.69) is 10.3 Å². The minimum atomic E-state index is -0.930. The minimum Gasteiger partial charge on any atom is -0.434 e. The Morgan fingerprint density at radius 1 is 1.48 bits per heavy atom. The Bertz CT molecular complexity index is 870. The van der Waals surface area contributed by atoms with E-state index in [1.807, 2.05) is 0 Å². The molecule has 1 N–H and O–H groups in total. The number of anilines is 1. The van der Waals surface area contributed by atoms with E-state index in [1.165, 1.54) is 35.7 Å². The second kappa shape index (κ2) is 5.41. The third kappa shape index (κ3) is 2.33. The predicted molar refractivity (Wildman–Crippen MR) is 78.3 cm³/mol. The normalized spacial score (nSPS) is 18.6. The van der Waals surface area contributed by atoms with Gasteiger partial charge in [0.15, 0.2) is 17.5 Å². The number of amides is 2. The van der Waals surface area contributed by atoms with Gasteiger partial charge in [0, 0.05) is 33.3 Å². The fourth-order valence-electron chi connectivity index (χ4n) is 2.55. The van der Waals surface area contributed by atoms with Gasteiger partial charge in [0.05, 0.1) is 12.2 Å². The van der Waals surface area contributed by atoms with Gasteiger partial charge in [-0.2, -0.15) is 0 Å². The van der Waals surface area contributed by atoms with Crippen LogP contribution in [0.5, 0.6) is 0 Å². The number of rotatable bonds is 2. The van der Waals surface area contributed by atoms with E-state index in [4.69, 9.17) is 9.15 Å². The molecule has 0 unspecified atom stereocenters. The van der Waals surface area contributed by atoms with Crippen molar-refractivity contribution in [1.29, 1.82) is 0 Å². The van der Waals surface area contributed by atoms with E-state index < -0.39 is 23.9 Å². The molecule has 0 aliphatic carbocycles. The number of nitrogens with zero attached hydrogens (tertiary/aromatic N) is 3. The first-order valence-corrected chi connectivity index (χ1v) is 6.88. The second-order valence-corrected chi connectivity index (χ2v) is 5.04. The molecule has 1 aromatic heterocycles. The van der Waals surface area contributed by atoms with Crippen LogP contribution >= 0.6 is 0 Å². The standard InChI is InChI=1S/C14H15FN4O4/c1-16-12(20)10-6-19(14(21)23-10)7-4-8(15)11-9(5-7)22-13(17-2)18(11)3/h4-5,10H,6H2,1-3H3,(H,16,20)/b17-13+/t10-/m1/s1. The number of carbonyl (C=O) groups is 2. The highest BCUT2D eigenvalue weighted by atomic mass is 19.1. The average molecular weight is 322 g/mol. The predicted octanol–water partition coefficient (Wildman–Crippen LogP) is 0.512. The summed E-state index contributed by atoms with van der Waals surface area (Å²) in [5.41, 5.74) is 0.996. The Labute approximate surface area is 130 Å². The molecule has 0 radical (unpaired) electrons. The summed E-state index contributed by atoms with van der Waals surface area (Å²) in [6.45, 7) is 0.00129.